The molecule has 0 aliphatic carbocycles. The van der Waals surface area contributed by atoms with Crippen molar-refractivity contribution in [2.75, 3.05) is 10.6 Å². The van der Waals surface area contributed by atoms with Gasteiger partial charge in [0.2, 0.25) is 5.91 Å². The van der Waals surface area contributed by atoms with Crippen LogP contribution in [0.4, 0.5) is 17.2 Å². The monoisotopic (exact) mass is 347 g/mol. The molecule has 2 rings (SSSR count). The molecule has 0 radical (unpaired) electrons. The Hall–Kier alpha value is -1.88. The highest BCUT2D eigenvalue weighted by Crippen LogP contribution is 2.23. The summed E-state index contributed by atoms with van der Waals surface area (Å²) in [7, 11) is 0. The standard InChI is InChI=1S/C16H18BrN3O/c1-10(2)16(21)19-13-5-7-15(18-9-13)20-14-6-4-12(17)8-11(14)3/h4-10H,1-3H3,(H,18,20)(H,19,21). The van der Waals surface area contributed by atoms with Crippen LogP contribution in [0.1, 0.15) is 19.4 Å². The van der Waals surface area contributed by atoms with Gasteiger partial charge in [0.1, 0.15) is 5.82 Å². The van der Waals surface area contributed by atoms with Gasteiger partial charge in [-0.05, 0) is 42.8 Å². The van der Waals surface area contributed by atoms with Crippen molar-refractivity contribution < 1.29 is 4.79 Å². The van der Waals surface area contributed by atoms with Crippen molar-refractivity contribution in [3.63, 3.8) is 0 Å². The molecule has 0 saturated heterocycles. The van der Waals surface area contributed by atoms with Crippen LogP contribution in [-0.4, -0.2) is 10.9 Å². The van der Waals surface area contributed by atoms with Crippen molar-refractivity contribution >= 4 is 39.0 Å². The minimum atomic E-state index is -0.0479. The van der Waals surface area contributed by atoms with Crippen molar-refractivity contribution in [2.45, 2.75) is 20.8 Å². The number of carbonyl (C=O) groups excluding carboxylic acids is 1. The number of nitrogens with zero attached hydrogens (tertiary/aromatic N) is 1. The Morgan fingerprint density at radius 1 is 1.24 bits per heavy atom. The molecule has 1 amide bonds. The Labute approximate surface area is 133 Å². The molecule has 0 bridgehead atoms. The summed E-state index contributed by atoms with van der Waals surface area (Å²) in [5.41, 5.74) is 2.83. The predicted octanol–water partition coefficient (Wildman–Crippen LogP) is 4.49. The van der Waals surface area contributed by atoms with Crippen molar-refractivity contribution in [1.82, 2.24) is 4.98 Å². The lowest BCUT2D eigenvalue weighted by Crippen LogP contribution is -2.17. The number of hydrogen-bond donors (Lipinski definition) is 2. The Bertz CT molecular complexity index is 638. The Kier molecular flexibility index (Phi) is 4.96. The molecule has 0 atom stereocenters. The summed E-state index contributed by atoms with van der Waals surface area (Å²) >= 11 is 3.44. The van der Waals surface area contributed by atoms with Crippen molar-refractivity contribution in [3.8, 4) is 0 Å². The molecule has 0 unspecified atom stereocenters. The van der Waals surface area contributed by atoms with Crippen LogP contribution in [0.25, 0.3) is 0 Å². The van der Waals surface area contributed by atoms with E-state index >= 15 is 0 Å². The molecule has 2 aromatic rings. The fourth-order valence-corrected chi connectivity index (χ4v) is 2.21. The van der Waals surface area contributed by atoms with E-state index in [-0.39, 0.29) is 11.8 Å². The number of amides is 1. The summed E-state index contributed by atoms with van der Waals surface area (Å²) in [6.07, 6.45) is 1.65. The second-order valence-electron chi connectivity index (χ2n) is 5.16. The molecular formula is C16H18BrN3O. The number of carbonyl (C=O) groups is 1. The van der Waals surface area contributed by atoms with Crippen LogP contribution in [0.2, 0.25) is 0 Å². The highest BCUT2D eigenvalue weighted by atomic mass is 79.9. The molecule has 1 aromatic carbocycles. The van der Waals surface area contributed by atoms with Crippen LogP contribution in [0.15, 0.2) is 41.0 Å². The smallest absolute Gasteiger partial charge is 0.226 e. The molecule has 1 aromatic heterocycles. The Balaban J connectivity index is 2.07. The predicted molar refractivity (Wildman–Crippen MR) is 89.9 cm³/mol. The van der Waals surface area contributed by atoms with Gasteiger partial charge in [0.05, 0.1) is 11.9 Å². The van der Waals surface area contributed by atoms with Gasteiger partial charge in [0.25, 0.3) is 0 Å². The summed E-state index contributed by atoms with van der Waals surface area (Å²) in [5, 5.41) is 6.07. The van der Waals surface area contributed by atoms with Gasteiger partial charge in [-0.15, -0.1) is 0 Å². The molecular weight excluding hydrogens is 330 g/mol. The van der Waals surface area contributed by atoms with Gasteiger partial charge < -0.3 is 10.6 Å². The van der Waals surface area contributed by atoms with Crippen molar-refractivity contribution in [1.29, 1.82) is 0 Å². The van der Waals surface area contributed by atoms with Gasteiger partial charge in [0, 0.05) is 16.1 Å². The summed E-state index contributed by atoms with van der Waals surface area (Å²) in [4.78, 5) is 15.9. The van der Waals surface area contributed by atoms with Crippen LogP contribution in [-0.2, 0) is 4.79 Å². The molecule has 21 heavy (non-hydrogen) atoms. The maximum absolute atomic E-state index is 11.6. The van der Waals surface area contributed by atoms with Crippen LogP contribution < -0.4 is 10.6 Å². The molecule has 110 valence electrons. The van der Waals surface area contributed by atoms with E-state index in [4.69, 9.17) is 0 Å². The minimum Gasteiger partial charge on any atom is -0.340 e. The van der Waals surface area contributed by atoms with E-state index in [1.54, 1.807) is 6.20 Å². The quantitative estimate of drug-likeness (QED) is 0.856. The number of anilines is 3. The SMILES string of the molecule is Cc1cc(Br)ccc1Nc1ccc(NC(=O)C(C)C)cn1. The van der Waals surface area contributed by atoms with Gasteiger partial charge >= 0.3 is 0 Å². The van der Waals surface area contributed by atoms with E-state index in [0.717, 1.165) is 21.5 Å². The number of benzene rings is 1. The maximum Gasteiger partial charge on any atom is 0.226 e. The van der Waals surface area contributed by atoms with Crippen LogP contribution in [0, 0.1) is 12.8 Å². The zero-order valence-corrected chi connectivity index (χ0v) is 13.9. The number of nitrogens with one attached hydrogen (secondary N) is 2. The van der Waals surface area contributed by atoms with Crippen LogP contribution in [0.3, 0.4) is 0 Å². The first-order valence-electron chi connectivity index (χ1n) is 6.76. The van der Waals surface area contributed by atoms with Crippen molar-refractivity contribution in [3.05, 3.63) is 46.6 Å². The third-order valence-electron chi connectivity index (χ3n) is 3.01. The molecule has 0 fully saturated rings. The third kappa shape index (κ3) is 4.29. The normalized spacial score (nSPS) is 10.5. The lowest BCUT2D eigenvalue weighted by atomic mass is 10.2. The summed E-state index contributed by atoms with van der Waals surface area (Å²) in [5.74, 6) is 0.678. The second kappa shape index (κ2) is 6.72. The van der Waals surface area contributed by atoms with Gasteiger partial charge in [0.15, 0.2) is 0 Å². The second-order valence-corrected chi connectivity index (χ2v) is 6.08. The van der Waals surface area contributed by atoms with E-state index < -0.39 is 0 Å². The average Bonchev–Trinajstić information content (AvgIpc) is 2.43. The number of halogens is 1. The van der Waals surface area contributed by atoms with Crippen molar-refractivity contribution in [2.24, 2.45) is 5.92 Å². The van der Waals surface area contributed by atoms with E-state index in [2.05, 4.69) is 31.5 Å². The fourth-order valence-electron chi connectivity index (χ4n) is 1.73. The third-order valence-corrected chi connectivity index (χ3v) is 3.50. The summed E-state index contributed by atoms with van der Waals surface area (Å²) in [6.45, 7) is 5.74. The lowest BCUT2D eigenvalue weighted by Gasteiger charge is -2.11. The fraction of sp³-hybridized carbons (Fsp3) is 0.250. The zero-order chi connectivity index (χ0) is 15.4. The molecule has 4 nitrogen and oxygen atoms in total. The zero-order valence-electron chi connectivity index (χ0n) is 12.3. The topological polar surface area (TPSA) is 54.0 Å². The largest absolute Gasteiger partial charge is 0.340 e. The molecule has 0 saturated carbocycles. The molecule has 5 heteroatoms. The van der Waals surface area contributed by atoms with E-state index in [0.29, 0.717) is 5.69 Å². The van der Waals surface area contributed by atoms with E-state index in [9.17, 15) is 4.79 Å². The minimum absolute atomic E-state index is 0.0127. The first-order chi connectivity index (χ1) is 9.95. The average molecular weight is 348 g/mol. The number of hydrogen-bond acceptors (Lipinski definition) is 3. The number of rotatable bonds is 4. The highest BCUT2D eigenvalue weighted by Gasteiger charge is 2.07. The van der Waals surface area contributed by atoms with Gasteiger partial charge in [-0.25, -0.2) is 4.98 Å². The van der Waals surface area contributed by atoms with Gasteiger partial charge in [-0.3, -0.25) is 4.79 Å². The first-order valence-corrected chi connectivity index (χ1v) is 7.55. The van der Waals surface area contributed by atoms with Crippen LogP contribution in [0.5, 0.6) is 0 Å². The molecule has 0 spiro atoms. The molecule has 2 N–H and O–H groups in total. The number of aryl methyl sites for hydroxylation is 1. The molecule has 0 aliphatic heterocycles. The molecule has 1 heterocycles. The van der Waals surface area contributed by atoms with Gasteiger partial charge in [-0.1, -0.05) is 29.8 Å². The van der Waals surface area contributed by atoms with Crippen LogP contribution >= 0.6 is 15.9 Å². The lowest BCUT2D eigenvalue weighted by molar-refractivity contribution is -0.118. The Morgan fingerprint density at radius 2 is 2.00 bits per heavy atom. The van der Waals surface area contributed by atoms with E-state index in [1.165, 1.54) is 0 Å². The highest BCUT2D eigenvalue weighted by molar-refractivity contribution is 9.10. The maximum atomic E-state index is 11.6. The van der Waals surface area contributed by atoms with Gasteiger partial charge in [-0.2, -0.15) is 0 Å². The first kappa shape index (κ1) is 15.5. The summed E-state index contributed by atoms with van der Waals surface area (Å²) < 4.78 is 1.05. The number of pyridine rings is 1. The molecule has 0 aliphatic rings. The Morgan fingerprint density at radius 3 is 2.57 bits per heavy atom. The van der Waals surface area contributed by atoms with E-state index in [1.807, 2.05) is 51.1 Å². The number of aromatic nitrogens is 1. The summed E-state index contributed by atoms with van der Waals surface area (Å²) in [6, 6.07) is 9.70.